The van der Waals surface area contributed by atoms with Gasteiger partial charge in [0.05, 0.1) is 17.3 Å². The fourth-order valence-corrected chi connectivity index (χ4v) is 7.44. The molecule has 1 aromatic carbocycles. The van der Waals surface area contributed by atoms with Gasteiger partial charge in [0.15, 0.2) is 14.2 Å². The molecule has 0 radical (unpaired) electrons. The van der Waals surface area contributed by atoms with Crippen molar-refractivity contribution < 1.29 is 17.6 Å². The molecule has 0 spiro atoms. The van der Waals surface area contributed by atoms with E-state index in [9.17, 15) is 17.6 Å². The van der Waals surface area contributed by atoms with Crippen LogP contribution in [0.15, 0.2) is 28.6 Å². The Morgan fingerprint density at radius 3 is 2.73 bits per heavy atom. The Labute approximate surface area is 183 Å². The number of nitrogens with zero attached hydrogens (tertiary/aromatic N) is 3. The molecule has 1 aromatic heterocycles. The Morgan fingerprint density at radius 2 is 2.03 bits per heavy atom. The molecule has 30 heavy (non-hydrogen) atoms. The van der Waals surface area contributed by atoms with Crippen molar-refractivity contribution in [1.29, 1.82) is 0 Å². The smallest absolute Gasteiger partial charge is 0.233 e. The van der Waals surface area contributed by atoms with E-state index in [1.165, 1.54) is 35.2 Å². The van der Waals surface area contributed by atoms with Crippen LogP contribution in [0.5, 0.6) is 0 Å². The lowest BCUT2D eigenvalue weighted by Crippen LogP contribution is -2.47. The van der Waals surface area contributed by atoms with Gasteiger partial charge in [-0.05, 0) is 37.5 Å². The summed E-state index contributed by atoms with van der Waals surface area (Å²) in [6.45, 7) is 0. The van der Waals surface area contributed by atoms with Gasteiger partial charge in [0.25, 0.3) is 0 Å². The molecule has 1 amide bonds. The van der Waals surface area contributed by atoms with Gasteiger partial charge in [-0.3, -0.25) is 4.79 Å². The van der Waals surface area contributed by atoms with Gasteiger partial charge in [0.2, 0.25) is 11.0 Å². The molecule has 2 fully saturated rings. The Bertz CT molecular complexity index is 1010. The fraction of sp³-hybridized carbons (Fsp3) is 0.526. The van der Waals surface area contributed by atoms with Gasteiger partial charge in [-0.1, -0.05) is 42.0 Å². The summed E-state index contributed by atoms with van der Waals surface area (Å²) in [4.78, 5) is 14.9. The Morgan fingerprint density at radius 1 is 1.23 bits per heavy atom. The number of halogens is 1. The maximum Gasteiger partial charge on any atom is 0.233 e. The molecule has 1 aliphatic heterocycles. The number of carbonyl (C=O) groups is 1. The number of carbonyl (C=O) groups excluding carboxylic acids is 1. The summed E-state index contributed by atoms with van der Waals surface area (Å²) in [5.41, 5.74) is 0.577. The van der Waals surface area contributed by atoms with E-state index in [-0.39, 0.29) is 41.1 Å². The van der Waals surface area contributed by atoms with E-state index in [1.54, 1.807) is 12.1 Å². The van der Waals surface area contributed by atoms with Gasteiger partial charge < -0.3 is 10.2 Å². The van der Waals surface area contributed by atoms with Gasteiger partial charge in [-0.2, -0.15) is 0 Å². The molecule has 11 heteroatoms. The molecule has 2 aromatic rings. The fourth-order valence-electron chi connectivity index (χ4n) is 4.09. The summed E-state index contributed by atoms with van der Waals surface area (Å²) >= 11 is 2.59. The van der Waals surface area contributed by atoms with Crippen molar-refractivity contribution in [2.75, 3.05) is 22.6 Å². The summed E-state index contributed by atoms with van der Waals surface area (Å²) in [5, 5.41) is 11.7. The molecule has 1 unspecified atom stereocenters. The molecular formula is C19H23FN4O3S3. The number of rotatable bonds is 7. The summed E-state index contributed by atoms with van der Waals surface area (Å²) < 4.78 is 37.8. The van der Waals surface area contributed by atoms with E-state index in [0.717, 1.165) is 25.7 Å². The number of hydrogen-bond donors (Lipinski definition) is 1. The summed E-state index contributed by atoms with van der Waals surface area (Å²) in [6.07, 6.45) is 4.55. The third-order valence-corrected chi connectivity index (χ3v) is 9.12. The molecule has 7 nitrogen and oxygen atoms in total. The van der Waals surface area contributed by atoms with Crippen molar-refractivity contribution >= 4 is 49.7 Å². The molecule has 2 heterocycles. The number of amides is 1. The van der Waals surface area contributed by atoms with Crippen LogP contribution in [0.3, 0.4) is 0 Å². The first-order chi connectivity index (χ1) is 14.4. The maximum absolute atomic E-state index is 13.3. The van der Waals surface area contributed by atoms with Gasteiger partial charge in [-0.25, -0.2) is 12.8 Å². The monoisotopic (exact) mass is 470 g/mol. The van der Waals surface area contributed by atoms with Crippen molar-refractivity contribution in [2.45, 2.75) is 48.5 Å². The number of hydrogen-bond acceptors (Lipinski definition) is 8. The van der Waals surface area contributed by atoms with Crippen LogP contribution in [-0.2, 0) is 14.6 Å². The minimum Gasteiger partial charge on any atom is -0.335 e. The highest BCUT2D eigenvalue weighted by Crippen LogP contribution is 2.32. The number of aromatic nitrogens is 2. The van der Waals surface area contributed by atoms with Gasteiger partial charge in [0.1, 0.15) is 5.82 Å². The second-order valence-corrected chi connectivity index (χ2v) is 12.0. The van der Waals surface area contributed by atoms with E-state index in [2.05, 4.69) is 15.5 Å². The minimum absolute atomic E-state index is 0.0381. The van der Waals surface area contributed by atoms with E-state index in [4.69, 9.17) is 0 Å². The van der Waals surface area contributed by atoms with Gasteiger partial charge >= 0.3 is 0 Å². The Kier molecular flexibility index (Phi) is 6.59. The number of sulfone groups is 1. The van der Waals surface area contributed by atoms with E-state index >= 15 is 0 Å². The predicted octanol–water partition coefficient (Wildman–Crippen LogP) is 3.47. The third-order valence-electron chi connectivity index (χ3n) is 5.41. The zero-order valence-electron chi connectivity index (χ0n) is 16.3. The Balaban J connectivity index is 1.38. The van der Waals surface area contributed by atoms with Crippen LogP contribution in [0.2, 0.25) is 0 Å². The lowest BCUT2D eigenvalue weighted by molar-refractivity contribution is -0.132. The zero-order chi connectivity index (χ0) is 21.1. The minimum atomic E-state index is -3.06. The molecule has 4 rings (SSSR count). The number of anilines is 2. The molecule has 1 atom stereocenters. The second-order valence-electron chi connectivity index (χ2n) is 7.59. The highest BCUT2D eigenvalue weighted by molar-refractivity contribution is 8.01. The predicted molar refractivity (Wildman–Crippen MR) is 116 cm³/mol. The van der Waals surface area contributed by atoms with Crippen LogP contribution in [0.1, 0.15) is 32.1 Å². The van der Waals surface area contributed by atoms with Crippen LogP contribution < -0.4 is 5.32 Å². The first-order valence-electron chi connectivity index (χ1n) is 9.90. The molecular weight excluding hydrogens is 447 g/mol. The second kappa shape index (κ2) is 9.19. The summed E-state index contributed by atoms with van der Waals surface area (Å²) in [6, 6.07) is 5.99. The average Bonchev–Trinajstić information content (AvgIpc) is 3.43. The molecule has 0 bridgehead atoms. The van der Waals surface area contributed by atoms with Crippen molar-refractivity contribution in [3.63, 3.8) is 0 Å². The quantitative estimate of drug-likeness (QED) is 0.620. The molecule has 1 N–H and O–H groups in total. The van der Waals surface area contributed by atoms with Crippen LogP contribution in [0, 0.1) is 5.82 Å². The number of benzene rings is 1. The van der Waals surface area contributed by atoms with E-state index in [0.29, 0.717) is 21.6 Å². The standard InChI is InChI=1S/C19H23FN4O3S3/c20-13-4-3-5-14(10-13)21-18-22-23-19(29-18)28-11-17(25)24(15-6-1-2-7-15)16-8-9-30(26,27)12-16/h3-5,10,15-16H,1-2,6-9,11-12H2,(H,21,22). The van der Waals surface area contributed by atoms with E-state index < -0.39 is 9.84 Å². The van der Waals surface area contributed by atoms with Gasteiger partial charge in [0, 0.05) is 17.8 Å². The van der Waals surface area contributed by atoms with Gasteiger partial charge in [-0.15, -0.1) is 10.2 Å². The Hall–Kier alpha value is -1.72. The summed E-state index contributed by atoms with van der Waals surface area (Å²) in [5.74, 6) is 0.0454. The van der Waals surface area contributed by atoms with Crippen molar-refractivity contribution in [1.82, 2.24) is 15.1 Å². The van der Waals surface area contributed by atoms with Crippen molar-refractivity contribution in [3.8, 4) is 0 Å². The van der Waals surface area contributed by atoms with Crippen molar-refractivity contribution in [2.24, 2.45) is 0 Å². The molecule has 1 saturated carbocycles. The molecule has 1 aliphatic carbocycles. The highest BCUT2D eigenvalue weighted by Gasteiger charge is 2.38. The average molecular weight is 471 g/mol. The topological polar surface area (TPSA) is 92.3 Å². The SMILES string of the molecule is O=C(CSc1nnc(Nc2cccc(F)c2)s1)N(C1CCCC1)C1CCS(=O)(=O)C1. The largest absolute Gasteiger partial charge is 0.335 e. The molecule has 1 saturated heterocycles. The first-order valence-corrected chi connectivity index (χ1v) is 13.5. The maximum atomic E-state index is 13.3. The zero-order valence-corrected chi connectivity index (χ0v) is 18.7. The molecule has 162 valence electrons. The van der Waals surface area contributed by atoms with Crippen LogP contribution in [-0.4, -0.2) is 58.8 Å². The first kappa shape index (κ1) is 21.5. The highest BCUT2D eigenvalue weighted by atomic mass is 32.2. The van der Waals surface area contributed by atoms with E-state index in [1.807, 2.05) is 4.90 Å². The summed E-state index contributed by atoms with van der Waals surface area (Å²) in [7, 11) is -3.06. The number of nitrogens with one attached hydrogen (secondary N) is 1. The lowest BCUT2D eigenvalue weighted by Gasteiger charge is -2.34. The lowest BCUT2D eigenvalue weighted by atomic mass is 10.1. The van der Waals surface area contributed by atoms with Crippen LogP contribution >= 0.6 is 23.1 Å². The van der Waals surface area contributed by atoms with Crippen LogP contribution in [0.25, 0.3) is 0 Å². The third kappa shape index (κ3) is 5.30. The van der Waals surface area contributed by atoms with Crippen molar-refractivity contribution in [3.05, 3.63) is 30.1 Å². The van der Waals surface area contributed by atoms with Crippen LogP contribution in [0.4, 0.5) is 15.2 Å². The number of thioether (sulfide) groups is 1. The molecule has 2 aliphatic rings. The normalized spacial score (nSPS) is 21.0.